The highest BCUT2D eigenvalue weighted by molar-refractivity contribution is 5.95. The first-order chi connectivity index (χ1) is 10.2. The zero-order valence-corrected chi connectivity index (χ0v) is 12.0. The van der Waals surface area contributed by atoms with Gasteiger partial charge < -0.3 is 20.1 Å². The summed E-state index contributed by atoms with van der Waals surface area (Å²) in [5, 5.41) is 0. The monoisotopic (exact) mass is 288 g/mol. The molecule has 112 valence electrons. The Labute approximate surface area is 124 Å². The molecule has 1 aliphatic carbocycles. The molecule has 2 aliphatic heterocycles. The van der Waals surface area contributed by atoms with Gasteiger partial charge in [-0.2, -0.15) is 0 Å². The molecule has 5 nitrogen and oxygen atoms in total. The van der Waals surface area contributed by atoms with Gasteiger partial charge in [0.1, 0.15) is 0 Å². The number of hydrogen-bond donors (Lipinski definition) is 1. The number of nitrogens with two attached hydrogens (primary N) is 1. The zero-order valence-electron chi connectivity index (χ0n) is 12.0. The maximum absolute atomic E-state index is 12.7. The van der Waals surface area contributed by atoms with E-state index in [4.69, 9.17) is 15.2 Å². The molecule has 1 amide bonds. The van der Waals surface area contributed by atoms with Crippen LogP contribution in [0.4, 0.5) is 0 Å². The number of rotatable bonds is 1. The van der Waals surface area contributed by atoms with E-state index in [0.717, 1.165) is 19.5 Å². The van der Waals surface area contributed by atoms with E-state index in [1.54, 1.807) is 6.07 Å². The van der Waals surface area contributed by atoms with Crippen LogP contribution in [0.25, 0.3) is 0 Å². The number of benzene rings is 1. The third-order valence-electron chi connectivity index (χ3n) is 5.06. The first-order valence-electron chi connectivity index (χ1n) is 7.67. The molecule has 2 heterocycles. The highest BCUT2D eigenvalue weighted by Gasteiger charge is 2.40. The number of fused-ring (bicyclic) bond motifs is 2. The average molecular weight is 288 g/mol. The highest BCUT2D eigenvalue weighted by atomic mass is 16.7. The predicted octanol–water partition coefficient (Wildman–Crippen LogP) is 1.61. The zero-order chi connectivity index (χ0) is 14.4. The lowest BCUT2D eigenvalue weighted by Gasteiger charge is -2.29. The molecule has 2 N–H and O–H groups in total. The van der Waals surface area contributed by atoms with Crippen LogP contribution in [0, 0.1) is 11.8 Å². The summed E-state index contributed by atoms with van der Waals surface area (Å²) in [6, 6.07) is 5.66. The van der Waals surface area contributed by atoms with Crippen LogP contribution in [-0.4, -0.2) is 36.7 Å². The van der Waals surface area contributed by atoms with Gasteiger partial charge in [0.05, 0.1) is 0 Å². The number of carbonyl (C=O) groups excluding carboxylic acids is 1. The Morgan fingerprint density at radius 2 is 2.05 bits per heavy atom. The largest absolute Gasteiger partial charge is 0.454 e. The lowest BCUT2D eigenvalue weighted by atomic mass is 9.78. The lowest BCUT2D eigenvalue weighted by molar-refractivity contribution is 0.0783. The minimum atomic E-state index is 0.0786. The first-order valence-corrected chi connectivity index (χ1v) is 7.67. The molecule has 21 heavy (non-hydrogen) atoms. The summed E-state index contributed by atoms with van der Waals surface area (Å²) in [5.74, 6) is 2.50. The van der Waals surface area contributed by atoms with Crippen molar-refractivity contribution in [1.29, 1.82) is 0 Å². The fourth-order valence-corrected chi connectivity index (χ4v) is 3.89. The van der Waals surface area contributed by atoms with Crippen molar-refractivity contribution in [2.75, 3.05) is 19.9 Å². The van der Waals surface area contributed by atoms with Crippen LogP contribution >= 0.6 is 0 Å². The van der Waals surface area contributed by atoms with E-state index in [1.165, 1.54) is 12.8 Å². The van der Waals surface area contributed by atoms with Crippen LogP contribution in [0.3, 0.4) is 0 Å². The van der Waals surface area contributed by atoms with E-state index in [0.29, 0.717) is 28.9 Å². The van der Waals surface area contributed by atoms with Crippen LogP contribution < -0.4 is 15.2 Å². The van der Waals surface area contributed by atoms with Gasteiger partial charge in [-0.3, -0.25) is 4.79 Å². The van der Waals surface area contributed by atoms with E-state index in [-0.39, 0.29) is 18.7 Å². The van der Waals surface area contributed by atoms with Crippen LogP contribution in [-0.2, 0) is 0 Å². The molecule has 3 atom stereocenters. The minimum absolute atomic E-state index is 0.0786. The predicted molar refractivity (Wildman–Crippen MR) is 77.3 cm³/mol. The molecule has 0 radical (unpaired) electrons. The van der Waals surface area contributed by atoms with Crippen molar-refractivity contribution in [3.63, 3.8) is 0 Å². The summed E-state index contributed by atoms with van der Waals surface area (Å²) >= 11 is 0. The summed E-state index contributed by atoms with van der Waals surface area (Å²) in [6.07, 6.45) is 3.48. The smallest absolute Gasteiger partial charge is 0.254 e. The van der Waals surface area contributed by atoms with Gasteiger partial charge in [-0.15, -0.1) is 0 Å². The molecule has 0 spiro atoms. The number of ether oxygens (including phenoxy) is 2. The van der Waals surface area contributed by atoms with Crippen LogP contribution in [0.2, 0.25) is 0 Å². The van der Waals surface area contributed by atoms with Gasteiger partial charge >= 0.3 is 0 Å². The molecule has 1 aromatic rings. The third-order valence-corrected chi connectivity index (χ3v) is 5.06. The van der Waals surface area contributed by atoms with Gasteiger partial charge in [0.2, 0.25) is 6.79 Å². The molecule has 3 unspecified atom stereocenters. The summed E-state index contributed by atoms with van der Waals surface area (Å²) in [7, 11) is 0. The van der Waals surface area contributed by atoms with Crippen molar-refractivity contribution in [1.82, 2.24) is 4.90 Å². The van der Waals surface area contributed by atoms with E-state index in [1.807, 2.05) is 17.0 Å². The molecule has 2 fully saturated rings. The Morgan fingerprint density at radius 3 is 2.90 bits per heavy atom. The van der Waals surface area contributed by atoms with Gasteiger partial charge in [0.25, 0.3) is 5.91 Å². The van der Waals surface area contributed by atoms with Gasteiger partial charge in [0.15, 0.2) is 11.5 Å². The summed E-state index contributed by atoms with van der Waals surface area (Å²) in [5.41, 5.74) is 6.89. The molecule has 0 bridgehead atoms. The minimum Gasteiger partial charge on any atom is -0.454 e. The summed E-state index contributed by atoms with van der Waals surface area (Å²) in [4.78, 5) is 14.6. The molecular weight excluding hydrogens is 268 g/mol. The molecular formula is C16H20N2O3. The fraction of sp³-hybridized carbons (Fsp3) is 0.562. The molecule has 1 saturated heterocycles. The second-order valence-electron chi connectivity index (χ2n) is 6.30. The van der Waals surface area contributed by atoms with Gasteiger partial charge in [-0.25, -0.2) is 0 Å². The van der Waals surface area contributed by atoms with Crippen molar-refractivity contribution in [2.24, 2.45) is 17.6 Å². The molecule has 4 rings (SSSR count). The summed E-state index contributed by atoms with van der Waals surface area (Å²) < 4.78 is 10.6. The Hall–Kier alpha value is -1.75. The molecule has 1 saturated carbocycles. The topological polar surface area (TPSA) is 64.8 Å². The highest BCUT2D eigenvalue weighted by Crippen LogP contribution is 2.37. The van der Waals surface area contributed by atoms with Crippen LogP contribution in [0.15, 0.2) is 18.2 Å². The van der Waals surface area contributed by atoms with Crippen molar-refractivity contribution in [3.05, 3.63) is 23.8 Å². The van der Waals surface area contributed by atoms with Crippen LogP contribution in [0.1, 0.15) is 29.6 Å². The molecule has 0 aromatic heterocycles. The third kappa shape index (κ3) is 2.16. The number of nitrogens with zero attached hydrogens (tertiary/aromatic N) is 1. The number of likely N-dealkylation sites (tertiary alicyclic amines) is 1. The second-order valence-corrected chi connectivity index (χ2v) is 6.30. The number of amides is 1. The second kappa shape index (κ2) is 4.91. The maximum Gasteiger partial charge on any atom is 0.254 e. The number of carbonyl (C=O) groups is 1. The van der Waals surface area contributed by atoms with Crippen molar-refractivity contribution in [3.8, 4) is 11.5 Å². The summed E-state index contributed by atoms with van der Waals surface area (Å²) in [6.45, 7) is 1.86. The molecule has 1 aromatic carbocycles. The maximum atomic E-state index is 12.7. The van der Waals surface area contributed by atoms with E-state index < -0.39 is 0 Å². The average Bonchev–Trinajstić information content (AvgIpc) is 3.12. The van der Waals surface area contributed by atoms with Gasteiger partial charge in [-0.05, 0) is 42.9 Å². The Morgan fingerprint density at radius 1 is 1.19 bits per heavy atom. The quantitative estimate of drug-likeness (QED) is 0.853. The first kappa shape index (κ1) is 13.0. The van der Waals surface area contributed by atoms with E-state index in [9.17, 15) is 4.79 Å². The van der Waals surface area contributed by atoms with Crippen LogP contribution in [0.5, 0.6) is 11.5 Å². The standard InChI is InChI=1S/C16H20N2O3/c17-13-3-1-2-11-7-18(8-12(11)13)16(19)10-4-5-14-15(6-10)21-9-20-14/h4-6,11-13H,1-3,7-9,17H2. The van der Waals surface area contributed by atoms with Gasteiger partial charge in [-0.1, -0.05) is 6.42 Å². The lowest BCUT2D eigenvalue weighted by Crippen LogP contribution is -2.38. The van der Waals surface area contributed by atoms with E-state index >= 15 is 0 Å². The van der Waals surface area contributed by atoms with E-state index in [2.05, 4.69) is 0 Å². The van der Waals surface area contributed by atoms with Gasteiger partial charge in [0, 0.05) is 24.7 Å². The Bertz CT molecular complexity index is 575. The van der Waals surface area contributed by atoms with Crippen molar-refractivity contribution in [2.45, 2.75) is 25.3 Å². The fourth-order valence-electron chi connectivity index (χ4n) is 3.89. The SMILES string of the molecule is NC1CCCC2CN(C(=O)c3ccc4c(c3)OCO4)CC12. The number of hydrogen-bond acceptors (Lipinski definition) is 4. The Kier molecular flexibility index (Phi) is 3.03. The molecule has 5 heteroatoms. The van der Waals surface area contributed by atoms with Crippen molar-refractivity contribution >= 4 is 5.91 Å². The molecule has 3 aliphatic rings. The van der Waals surface area contributed by atoms with Crippen molar-refractivity contribution < 1.29 is 14.3 Å². The Balaban J connectivity index is 1.53. The normalized spacial score (nSPS) is 30.3.